The number of nitrogens with one attached hydrogen (secondary N) is 1. The van der Waals surface area contributed by atoms with Crippen molar-refractivity contribution in [3.63, 3.8) is 0 Å². The first kappa shape index (κ1) is 12.4. The SMILES string of the molecule is CC(C)n1ncc(NC2CC(O)C2)c(Cl)c1=O. The van der Waals surface area contributed by atoms with Crippen molar-refractivity contribution in [3.8, 4) is 0 Å². The number of hydrogen-bond donors (Lipinski definition) is 2. The molecule has 0 aliphatic heterocycles. The van der Waals surface area contributed by atoms with Crippen molar-refractivity contribution in [1.82, 2.24) is 9.78 Å². The van der Waals surface area contributed by atoms with Crippen LogP contribution in [0.1, 0.15) is 32.7 Å². The summed E-state index contributed by atoms with van der Waals surface area (Å²) in [6.07, 6.45) is 2.69. The first-order valence-electron chi connectivity index (χ1n) is 5.71. The Morgan fingerprint density at radius 2 is 2.24 bits per heavy atom. The van der Waals surface area contributed by atoms with Gasteiger partial charge in [0.2, 0.25) is 0 Å². The number of aromatic nitrogens is 2. The van der Waals surface area contributed by atoms with E-state index in [9.17, 15) is 9.90 Å². The lowest BCUT2D eigenvalue weighted by molar-refractivity contribution is 0.0836. The minimum atomic E-state index is -0.286. The molecule has 2 N–H and O–H groups in total. The number of rotatable bonds is 3. The maximum atomic E-state index is 11.9. The molecule has 1 aliphatic rings. The number of anilines is 1. The fraction of sp³-hybridized carbons (Fsp3) is 0.636. The zero-order valence-corrected chi connectivity index (χ0v) is 10.6. The first-order valence-corrected chi connectivity index (χ1v) is 6.08. The van der Waals surface area contributed by atoms with Crippen LogP contribution in [0.25, 0.3) is 0 Å². The van der Waals surface area contributed by atoms with Crippen LogP contribution in [-0.2, 0) is 0 Å². The summed E-state index contributed by atoms with van der Waals surface area (Å²) in [6, 6.07) is 0.165. The quantitative estimate of drug-likeness (QED) is 0.859. The highest BCUT2D eigenvalue weighted by Crippen LogP contribution is 2.26. The molecule has 1 aromatic heterocycles. The van der Waals surface area contributed by atoms with E-state index in [2.05, 4.69) is 10.4 Å². The van der Waals surface area contributed by atoms with Crippen LogP contribution in [0.15, 0.2) is 11.0 Å². The maximum Gasteiger partial charge on any atom is 0.287 e. The van der Waals surface area contributed by atoms with Crippen LogP contribution in [0.4, 0.5) is 5.69 Å². The van der Waals surface area contributed by atoms with Crippen molar-refractivity contribution in [2.45, 2.75) is 44.9 Å². The molecule has 94 valence electrons. The average Bonchev–Trinajstić information content (AvgIpc) is 2.22. The summed E-state index contributed by atoms with van der Waals surface area (Å²) in [5.74, 6) is 0. The highest BCUT2D eigenvalue weighted by atomic mass is 35.5. The van der Waals surface area contributed by atoms with Crippen molar-refractivity contribution in [1.29, 1.82) is 0 Å². The monoisotopic (exact) mass is 257 g/mol. The van der Waals surface area contributed by atoms with E-state index in [1.54, 1.807) is 6.20 Å². The third kappa shape index (κ3) is 2.45. The summed E-state index contributed by atoms with van der Waals surface area (Å²) in [6.45, 7) is 3.75. The molecule has 0 aromatic carbocycles. The minimum absolute atomic E-state index is 0.0143. The predicted octanol–water partition coefficient (Wildman–Crippen LogP) is 1.41. The molecule has 0 radical (unpaired) electrons. The number of hydrogen-bond acceptors (Lipinski definition) is 4. The van der Waals surface area contributed by atoms with Gasteiger partial charge in [0.1, 0.15) is 5.02 Å². The molecule has 2 rings (SSSR count). The summed E-state index contributed by atoms with van der Waals surface area (Å²) in [5.41, 5.74) is 0.261. The van der Waals surface area contributed by atoms with Gasteiger partial charge in [-0.2, -0.15) is 5.10 Å². The second-order valence-corrected chi connectivity index (χ2v) is 5.06. The van der Waals surface area contributed by atoms with E-state index in [1.807, 2.05) is 13.8 Å². The summed E-state index contributed by atoms with van der Waals surface area (Å²) < 4.78 is 1.35. The largest absolute Gasteiger partial charge is 0.393 e. The standard InChI is InChI=1S/C11H16ClN3O2/c1-6(2)15-11(17)10(12)9(5-13-15)14-7-3-8(16)4-7/h5-8,14,16H,3-4H2,1-2H3. The van der Waals surface area contributed by atoms with Gasteiger partial charge in [0, 0.05) is 6.04 Å². The van der Waals surface area contributed by atoms with Crippen molar-refractivity contribution in [2.24, 2.45) is 0 Å². The van der Waals surface area contributed by atoms with Gasteiger partial charge in [-0.3, -0.25) is 4.79 Å². The Morgan fingerprint density at radius 1 is 1.59 bits per heavy atom. The molecule has 6 heteroatoms. The fourth-order valence-corrected chi connectivity index (χ4v) is 2.03. The molecule has 1 aromatic rings. The highest BCUT2D eigenvalue weighted by Gasteiger charge is 2.27. The Balaban J connectivity index is 2.19. The summed E-state index contributed by atoms with van der Waals surface area (Å²) in [7, 11) is 0. The van der Waals surface area contributed by atoms with Crippen LogP contribution >= 0.6 is 11.6 Å². The predicted molar refractivity (Wildman–Crippen MR) is 66.5 cm³/mol. The van der Waals surface area contributed by atoms with E-state index >= 15 is 0 Å². The van der Waals surface area contributed by atoms with Crippen LogP contribution < -0.4 is 10.9 Å². The van der Waals surface area contributed by atoms with E-state index < -0.39 is 0 Å². The molecular formula is C11H16ClN3O2. The van der Waals surface area contributed by atoms with Crippen LogP contribution in [-0.4, -0.2) is 27.0 Å². The summed E-state index contributed by atoms with van der Waals surface area (Å²) in [4.78, 5) is 11.9. The van der Waals surface area contributed by atoms with Gasteiger partial charge in [0.05, 0.1) is 24.0 Å². The Bertz CT molecular complexity index is 466. The Labute approximate surface area is 104 Å². The molecule has 1 saturated carbocycles. The summed E-state index contributed by atoms with van der Waals surface area (Å²) in [5, 5.41) is 16.5. The van der Waals surface area contributed by atoms with Gasteiger partial charge in [-0.25, -0.2) is 4.68 Å². The van der Waals surface area contributed by atoms with Gasteiger partial charge in [-0.05, 0) is 26.7 Å². The Hall–Kier alpha value is -1.07. The number of aliphatic hydroxyl groups is 1. The van der Waals surface area contributed by atoms with Crippen molar-refractivity contribution < 1.29 is 5.11 Å². The van der Waals surface area contributed by atoms with E-state index in [4.69, 9.17) is 11.6 Å². The lowest BCUT2D eigenvalue weighted by atomic mass is 9.89. The third-order valence-corrected chi connectivity index (χ3v) is 3.27. The van der Waals surface area contributed by atoms with E-state index in [0.717, 1.165) is 0 Å². The van der Waals surface area contributed by atoms with Gasteiger partial charge >= 0.3 is 0 Å². The molecule has 0 unspecified atom stereocenters. The first-order chi connectivity index (χ1) is 7.99. The van der Waals surface area contributed by atoms with Gasteiger partial charge in [-0.1, -0.05) is 11.6 Å². The van der Waals surface area contributed by atoms with Crippen molar-refractivity contribution in [2.75, 3.05) is 5.32 Å². The topological polar surface area (TPSA) is 67.2 Å². The van der Waals surface area contributed by atoms with Crippen LogP contribution in [0.2, 0.25) is 5.02 Å². The van der Waals surface area contributed by atoms with E-state index in [-0.39, 0.29) is 28.8 Å². The lowest BCUT2D eigenvalue weighted by Gasteiger charge is -2.32. The van der Waals surface area contributed by atoms with Gasteiger partial charge in [0.15, 0.2) is 0 Å². The van der Waals surface area contributed by atoms with Gasteiger partial charge in [0.25, 0.3) is 5.56 Å². The molecular weight excluding hydrogens is 242 g/mol. The molecule has 0 saturated heterocycles. The van der Waals surface area contributed by atoms with Crippen LogP contribution in [0.5, 0.6) is 0 Å². The molecule has 0 spiro atoms. The Kier molecular flexibility index (Phi) is 3.40. The molecule has 1 fully saturated rings. The molecule has 1 aliphatic carbocycles. The number of aliphatic hydroxyl groups excluding tert-OH is 1. The highest BCUT2D eigenvalue weighted by molar-refractivity contribution is 6.32. The van der Waals surface area contributed by atoms with E-state index in [0.29, 0.717) is 18.5 Å². The average molecular weight is 258 g/mol. The third-order valence-electron chi connectivity index (χ3n) is 2.91. The van der Waals surface area contributed by atoms with Gasteiger partial charge < -0.3 is 10.4 Å². The fourth-order valence-electron chi connectivity index (χ4n) is 1.84. The smallest absolute Gasteiger partial charge is 0.287 e. The Morgan fingerprint density at radius 3 is 2.76 bits per heavy atom. The number of halogens is 1. The zero-order chi connectivity index (χ0) is 12.6. The van der Waals surface area contributed by atoms with Gasteiger partial charge in [-0.15, -0.1) is 0 Å². The lowest BCUT2D eigenvalue weighted by Crippen LogP contribution is -2.39. The van der Waals surface area contributed by atoms with Crippen molar-refractivity contribution >= 4 is 17.3 Å². The second-order valence-electron chi connectivity index (χ2n) is 4.68. The molecule has 17 heavy (non-hydrogen) atoms. The molecule has 5 nitrogen and oxygen atoms in total. The molecule has 0 atom stereocenters. The molecule has 1 heterocycles. The second kappa shape index (κ2) is 4.66. The maximum absolute atomic E-state index is 11.9. The summed E-state index contributed by atoms with van der Waals surface area (Å²) >= 11 is 6.01. The number of nitrogens with zero attached hydrogens (tertiary/aromatic N) is 2. The molecule has 0 bridgehead atoms. The van der Waals surface area contributed by atoms with E-state index in [1.165, 1.54) is 4.68 Å². The van der Waals surface area contributed by atoms with Crippen LogP contribution in [0.3, 0.4) is 0 Å². The van der Waals surface area contributed by atoms with Crippen LogP contribution in [0, 0.1) is 0 Å². The molecule has 0 amide bonds. The van der Waals surface area contributed by atoms with Crippen molar-refractivity contribution in [3.05, 3.63) is 21.6 Å². The minimum Gasteiger partial charge on any atom is -0.393 e. The zero-order valence-electron chi connectivity index (χ0n) is 9.85. The normalized spacial score (nSPS) is 23.6.